The van der Waals surface area contributed by atoms with Crippen molar-refractivity contribution in [2.24, 2.45) is 0 Å². The molecule has 0 aliphatic carbocycles. The molecular weight excluding hydrogens is 568 g/mol. The summed E-state index contributed by atoms with van der Waals surface area (Å²) in [4.78, 5) is 38.6. The van der Waals surface area contributed by atoms with Crippen LogP contribution in [0.15, 0.2) is 41.8 Å². The van der Waals surface area contributed by atoms with Gasteiger partial charge in [0.2, 0.25) is 10.0 Å². The second-order valence-electron chi connectivity index (χ2n) is 10.7. The monoisotopic (exact) mass is 602 g/mol. The van der Waals surface area contributed by atoms with Crippen molar-refractivity contribution in [1.29, 1.82) is 0 Å². The standard InChI is InChI=1S/C26H34N8O7S/c1-7-27-23(35)19-18-20(41-26(4,5)40-18)24(39-19)34-13-30-17-21(28-12-29-22(17)34)32-25(36)31-15-9-8-10-16(11-15)42(37,38)33(6)14(2)3/h8-14,18-20,24H,7H2,1-6H3,(H,27,35)(H2,28,29,31,32,36)/t18?,19-,20?,24+/m0/s1. The van der Waals surface area contributed by atoms with Crippen LogP contribution < -0.4 is 16.0 Å². The number of carbonyl (C=O) groups is 2. The number of hydrogen-bond acceptors (Lipinski definition) is 10. The molecule has 2 aromatic heterocycles. The normalized spacial score (nSPS) is 23.3. The fraction of sp³-hybridized carbons (Fsp3) is 0.500. The van der Waals surface area contributed by atoms with E-state index in [1.165, 1.54) is 36.1 Å². The van der Waals surface area contributed by atoms with Crippen LogP contribution in [0.5, 0.6) is 0 Å². The van der Waals surface area contributed by atoms with Crippen LogP contribution in [-0.2, 0) is 29.0 Å². The van der Waals surface area contributed by atoms with Gasteiger partial charge >= 0.3 is 6.03 Å². The molecule has 3 N–H and O–H groups in total. The Morgan fingerprint density at radius 1 is 1.12 bits per heavy atom. The number of rotatable bonds is 8. The Balaban J connectivity index is 1.36. The first-order valence-corrected chi connectivity index (χ1v) is 14.9. The lowest BCUT2D eigenvalue weighted by molar-refractivity contribution is -0.197. The fourth-order valence-electron chi connectivity index (χ4n) is 4.86. The summed E-state index contributed by atoms with van der Waals surface area (Å²) in [5, 5.41) is 8.04. The summed E-state index contributed by atoms with van der Waals surface area (Å²) in [7, 11) is -2.25. The number of fused-ring (bicyclic) bond motifs is 2. The topological polar surface area (TPSA) is 179 Å². The predicted octanol–water partition coefficient (Wildman–Crippen LogP) is 2.05. The van der Waals surface area contributed by atoms with Crippen LogP contribution in [0, 0.1) is 0 Å². The van der Waals surface area contributed by atoms with Crippen LogP contribution in [0.3, 0.4) is 0 Å². The summed E-state index contributed by atoms with van der Waals surface area (Å²) in [5.41, 5.74) is 0.866. The molecule has 2 aliphatic heterocycles. The van der Waals surface area contributed by atoms with E-state index in [0.717, 1.165) is 0 Å². The van der Waals surface area contributed by atoms with Gasteiger partial charge in [-0.1, -0.05) is 6.07 Å². The summed E-state index contributed by atoms with van der Waals surface area (Å²) in [6.07, 6.45) is -0.256. The number of sulfonamides is 1. The van der Waals surface area contributed by atoms with Crippen LogP contribution in [-0.4, -0.2) is 87.9 Å². The molecule has 15 nitrogen and oxygen atoms in total. The van der Waals surface area contributed by atoms with Gasteiger partial charge in [0.1, 0.15) is 18.5 Å². The molecule has 1 aromatic carbocycles. The van der Waals surface area contributed by atoms with Crippen molar-refractivity contribution in [2.75, 3.05) is 24.2 Å². The van der Waals surface area contributed by atoms with Gasteiger partial charge in [0.05, 0.1) is 11.2 Å². The minimum atomic E-state index is -3.74. The van der Waals surface area contributed by atoms with Crippen LogP contribution >= 0.6 is 0 Å². The highest BCUT2D eigenvalue weighted by Crippen LogP contribution is 2.44. The molecular formula is C26H34N8O7S. The Labute approximate surface area is 243 Å². The maximum Gasteiger partial charge on any atom is 0.324 e. The summed E-state index contributed by atoms with van der Waals surface area (Å²) >= 11 is 0. The molecule has 0 spiro atoms. The van der Waals surface area contributed by atoms with E-state index in [1.807, 2.05) is 6.92 Å². The first-order chi connectivity index (χ1) is 19.8. The highest BCUT2D eigenvalue weighted by molar-refractivity contribution is 7.89. The number of likely N-dealkylation sites (N-methyl/N-ethyl adjacent to an activating group) is 1. The molecule has 4 atom stereocenters. The van der Waals surface area contributed by atoms with Gasteiger partial charge in [-0.3, -0.25) is 14.7 Å². The van der Waals surface area contributed by atoms with E-state index in [1.54, 1.807) is 44.4 Å². The Bertz CT molecular complexity index is 1610. The number of anilines is 2. The third-order valence-corrected chi connectivity index (χ3v) is 9.03. The molecule has 0 bridgehead atoms. The third kappa shape index (κ3) is 5.55. The number of nitrogens with zero attached hydrogens (tertiary/aromatic N) is 5. The molecule has 3 amide bonds. The Morgan fingerprint density at radius 2 is 1.86 bits per heavy atom. The van der Waals surface area contributed by atoms with Gasteiger partial charge in [-0.15, -0.1) is 0 Å². The second kappa shape index (κ2) is 11.2. The SMILES string of the molecule is CCNC(=O)[C@H]1O[C@@H](n2cnc3c(NC(=O)Nc4cccc(S(=O)(=O)N(C)C(C)C)c4)ncnc32)C2OC(C)(C)OC21. The molecule has 5 rings (SSSR count). The molecule has 4 heterocycles. The van der Waals surface area contributed by atoms with Gasteiger partial charge in [-0.05, 0) is 52.8 Å². The van der Waals surface area contributed by atoms with Crippen molar-refractivity contribution >= 4 is 44.6 Å². The van der Waals surface area contributed by atoms with Gasteiger partial charge < -0.3 is 24.8 Å². The van der Waals surface area contributed by atoms with Crippen LogP contribution in [0.25, 0.3) is 11.2 Å². The van der Waals surface area contributed by atoms with Crippen molar-refractivity contribution < 1.29 is 32.2 Å². The van der Waals surface area contributed by atoms with Crippen molar-refractivity contribution in [3.63, 3.8) is 0 Å². The quantitative estimate of drug-likeness (QED) is 0.346. The Morgan fingerprint density at radius 3 is 2.57 bits per heavy atom. The minimum absolute atomic E-state index is 0.0433. The number of hydrogen-bond donors (Lipinski definition) is 3. The van der Waals surface area contributed by atoms with Crippen LogP contribution in [0.1, 0.15) is 40.8 Å². The van der Waals surface area contributed by atoms with Crippen molar-refractivity contribution in [3.8, 4) is 0 Å². The highest BCUT2D eigenvalue weighted by Gasteiger charge is 2.58. The average Bonchev–Trinajstić information content (AvgIpc) is 3.59. The molecule has 42 heavy (non-hydrogen) atoms. The number of carbonyl (C=O) groups excluding carboxylic acids is 2. The predicted molar refractivity (Wildman–Crippen MR) is 151 cm³/mol. The van der Waals surface area contributed by atoms with E-state index < -0.39 is 46.4 Å². The molecule has 16 heteroatoms. The van der Waals surface area contributed by atoms with Gasteiger partial charge in [0.25, 0.3) is 5.91 Å². The summed E-state index contributed by atoms with van der Waals surface area (Å²) in [6.45, 7) is 9.31. The number of imidazole rings is 1. The molecule has 0 radical (unpaired) electrons. The number of ether oxygens (including phenoxy) is 3. The lowest BCUT2D eigenvalue weighted by Gasteiger charge is -2.24. The summed E-state index contributed by atoms with van der Waals surface area (Å²) < 4.78 is 46.8. The lowest BCUT2D eigenvalue weighted by Crippen LogP contribution is -2.42. The van der Waals surface area contributed by atoms with Crippen LogP contribution in [0.2, 0.25) is 0 Å². The largest absolute Gasteiger partial charge is 0.354 e. The number of urea groups is 1. The molecule has 0 saturated carbocycles. The molecule has 2 fully saturated rings. The van der Waals surface area contributed by atoms with Crippen LogP contribution in [0.4, 0.5) is 16.3 Å². The molecule has 3 aromatic rings. The van der Waals surface area contributed by atoms with Gasteiger partial charge in [-0.25, -0.2) is 28.2 Å². The zero-order valence-electron chi connectivity index (χ0n) is 24.1. The molecule has 2 aliphatic rings. The molecule has 2 unspecified atom stereocenters. The number of benzene rings is 1. The fourth-order valence-corrected chi connectivity index (χ4v) is 6.28. The summed E-state index contributed by atoms with van der Waals surface area (Å²) in [5.74, 6) is -1.14. The average molecular weight is 603 g/mol. The van der Waals surface area contributed by atoms with E-state index in [9.17, 15) is 18.0 Å². The zero-order valence-corrected chi connectivity index (χ0v) is 24.9. The Hall–Kier alpha value is -3.70. The van der Waals surface area contributed by atoms with E-state index >= 15 is 0 Å². The van der Waals surface area contributed by atoms with Crippen molar-refractivity contribution in [1.82, 2.24) is 29.1 Å². The number of nitrogens with one attached hydrogen (secondary N) is 3. The van der Waals surface area contributed by atoms with Gasteiger partial charge in [0, 0.05) is 25.3 Å². The van der Waals surface area contributed by atoms with E-state index in [-0.39, 0.29) is 33.9 Å². The maximum absolute atomic E-state index is 12.9. The van der Waals surface area contributed by atoms with E-state index in [0.29, 0.717) is 12.2 Å². The van der Waals surface area contributed by atoms with Crippen molar-refractivity contribution in [3.05, 3.63) is 36.9 Å². The van der Waals surface area contributed by atoms with Gasteiger partial charge in [-0.2, -0.15) is 4.31 Å². The summed E-state index contributed by atoms with van der Waals surface area (Å²) in [6, 6.07) is 5.04. The van der Waals surface area contributed by atoms with Gasteiger partial charge in [0.15, 0.2) is 35.1 Å². The van der Waals surface area contributed by atoms with Crippen molar-refractivity contribution in [2.45, 2.75) is 75.9 Å². The van der Waals surface area contributed by atoms with E-state index in [2.05, 4.69) is 30.9 Å². The lowest BCUT2D eigenvalue weighted by atomic mass is 10.1. The zero-order chi connectivity index (χ0) is 30.4. The molecule has 226 valence electrons. The maximum atomic E-state index is 12.9. The highest BCUT2D eigenvalue weighted by atomic mass is 32.2. The number of aromatic nitrogens is 4. The number of amides is 3. The first-order valence-electron chi connectivity index (χ1n) is 13.4. The minimum Gasteiger partial charge on any atom is -0.354 e. The smallest absolute Gasteiger partial charge is 0.324 e. The third-order valence-electron chi connectivity index (χ3n) is 7.00. The Kier molecular flexibility index (Phi) is 7.93. The molecule has 2 saturated heterocycles. The second-order valence-corrected chi connectivity index (χ2v) is 12.7. The van der Waals surface area contributed by atoms with E-state index in [4.69, 9.17) is 14.2 Å². The first kappa shape index (κ1) is 29.8.